The van der Waals surface area contributed by atoms with E-state index in [4.69, 9.17) is 4.74 Å². The molecule has 1 aromatic rings. The molecule has 40 heavy (non-hydrogen) atoms. The van der Waals surface area contributed by atoms with Gasteiger partial charge in [-0.1, -0.05) is 80.8 Å². The lowest BCUT2D eigenvalue weighted by Crippen LogP contribution is -2.59. The van der Waals surface area contributed by atoms with Gasteiger partial charge >= 0.3 is 0 Å². The van der Waals surface area contributed by atoms with Crippen LogP contribution in [-0.2, 0) is 25.7 Å². The van der Waals surface area contributed by atoms with Gasteiger partial charge in [0.05, 0.1) is 30.1 Å². The zero-order chi connectivity index (χ0) is 28.1. The van der Waals surface area contributed by atoms with Crippen LogP contribution in [-0.4, -0.2) is 86.6 Å². The lowest BCUT2D eigenvalue weighted by molar-refractivity contribution is -0.158. The van der Waals surface area contributed by atoms with Gasteiger partial charge in [0, 0.05) is 25.7 Å². The van der Waals surface area contributed by atoms with Gasteiger partial charge in [0.1, 0.15) is 11.6 Å². The summed E-state index contributed by atoms with van der Waals surface area (Å²) in [5, 5.41) is 10.2. The summed E-state index contributed by atoms with van der Waals surface area (Å²) >= 11 is 0. The van der Waals surface area contributed by atoms with Crippen molar-refractivity contribution in [1.82, 2.24) is 14.7 Å². The fourth-order valence-electron chi connectivity index (χ4n) is 8.00. The van der Waals surface area contributed by atoms with Gasteiger partial charge in [0.15, 0.2) is 0 Å². The van der Waals surface area contributed by atoms with Crippen LogP contribution in [0, 0.1) is 11.8 Å². The largest absolute Gasteiger partial charge is 0.394 e. The van der Waals surface area contributed by atoms with E-state index >= 15 is 0 Å². The topological polar surface area (TPSA) is 90.4 Å². The summed E-state index contributed by atoms with van der Waals surface area (Å²) in [6.07, 6.45) is 13.6. The number of amides is 3. The van der Waals surface area contributed by atoms with Crippen molar-refractivity contribution in [2.75, 3.05) is 19.7 Å². The number of ether oxygens (including phenoxy) is 1. The highest BCUT2D eigenvalue weighted by molar-refractivity contribution is 6.00. The lowest BCUT2D eigenvalue weighted by atomic mass is 9.73. The summed E-state index contributed by atoms with van der Waals surface area (Å²) in [6, 6.07) is 8.46. The molecule has 3 fully saturated rings. The molecule has 214 valence electrons. The maximum Gasteiger partial charge on any atom is 0.249 e. The van der Waals surface area contributed by atoms with Crippen molar-refractivity contribution in [1.29, 1.82) is 0 Å². The van der Waals surface area contributed by atoms with Crippen LogP contribution in [0.3, 0.4) is 0 Å². The van der Waals surface area contributed by atoms with Crippen LogP contribution in [0.4, 0.5) is 0 Å². The van der Waals surface area contributed by atoms with Crippen molar-refractivity contribution in [3.8, 4) is 0 Å². The van der Waals surface area contributed by atoms with Crippen LogP contribution in [0.5, 0.6) is 0 Å². The third kappa shape index (κ3) is 4.05. The van der Waals surface area contributed by atoms with Crippen molar-refractivity contribution in [3.05, 3.63) is 60.2 Å². The zero-order valence-corrected chi connectivity index (χ0v) is 23.6. The molecule has 8 nitrogen and oxygen atoms in total. The predicted molar refractivity (Wildman–Crippen MR) is 150 cm³/mol. The summed E-state index contributed by atoms with van der Waals surface area (Å²) in [6.45, 7) is 4.79. The molecule has 0 bridgehead atoms. The predicted octanol–water partition coefficient (Wildman–Crippen LogP) is 3.06. The molecule has 6 atom stereocenters. The van der Waals surface area contributed by atoms with E-state index in [9.17, 15) is 19.5 Å². The third-order valence-electron chi connectivity index (χ3n) is 9.96. The van der Waals surface area contributed by atoms with Gasteiger partial charge in [-0.3, -0.25) is 14.4 Å². The molecule has 5 aliphatic rings. The molecule has 1 saturated carbocycles. The van der Waals surface area contributed by atoms with Gasteiger partial charge in [0.2, 0.25) is 17.7 Å². The second kappa shape index (κ2) is 10.5. The summed E-state index contributed by atoms with van der Waals surface area (Å²) in [5.74, 6) is -2.17. The van der Waals surface area contributed by atoms with E-state index in [-0.39, 0.29) is 30.4 Å². The first-order chi connectivity index (χ1) is 19.4. The number of nitrogens with zero attached hydrogens (tertiary/aromatic N) is 3. The number of aliphatic hydroxyl groups is 1. The fourth-order valence-corrected chi connectivity index (χ4v) is 8.00. The highest BCUT2D eigenvalue weighted by atomic mass is 16.5. The van der Waals surface area contributed by atoms with Crippen LogP contribution >= 0.6 is 0 Å². The average Bonchev–Trinajstić information content (AvgIpc) is 3.28. The molecular weight excluding hydrogens is 506 g/mol. The van der Waals surface area contributed by atoms with E-state index in [0.29, 0.717) is 26.1 Å². The van der Waals surface area contributed by atoms with Gasteiger partial charge in [-0.15, -0.1) is 0 Å². The SMILES string of the molecule is CC[C@]12C=CCN(Cc3ccccc3)C(=O)[C@H]1[C@H]1C(=O)N([C@H](C)CO)C3C(=O)N(C4CCCCC4)CC=C[C@@]31O2. The molecule has 8 heteroatoms. The Balaban J connectivity index is 1.44. The van der Waals surface area contributed by atoms with Crippen LogP contribution in [0.1, 0.15) is 57.9 Å². The molecular formula is C32H41N3O5. The van der Waals surface area contributed by atoms with Crippen molar-refractivity contribution >= 4 is 17.7 Å². The van der Waals surface area contributed by atoms with Gasteiger partial charge in [-0.25, -0.2) is 0 Å². The number of hydrogen-bond donors (Lipinski definition) is 1. The molecule has 1 N–H and O–H groups in total. The minimum atomic E-state index is -1.28. The molecule has 1 unspecified atom stereocenters. The standard InChI is InChI=1S/C32H41N3O5/c1-3-31-16-10-18-33(20-23-12-6-4-7-13-23)28(37)25(31)26-29(38)35(22(2)21-36)27-30(39)34(24-14-8-5-9-15-24)19-11-17-32(26,27)40-31/h4,6-7,10-13,16-17,22,24-27,36H,3,5,8-9,14-15,18-21H2,1-2H3/t22-,25-,26+,27?,31+,32+/m1/s1. The highest BCUT2D eigenvalue weighted by Gasteiger charge is 2.75. The minimum absolute atomic E-state index is 0.122. The first kappa shape index (κ1) is 27.2. The van der Waals surface area contributed by atoms with Crippen molar-refractivity contribution < 1.29 is 24.2 Å². The number of carbonyl (C=O) groups excluding carboxylic acids is 3. The average molecular weight is 548 g/mol. The number of fused-ring (bicyclic) bond motifs is 2. The smallest absolute Gasteiger partial charge is 0.249 e. The Kier molecular flexibility index (Phi) is 7.11. The lowest BCUT2D eigenvalue weighted by Gasteiger charge is -2.42. The van der Waals surface area contributed by atoms with Crippen molar-refractivity contribution in [3.63, 3.8) is 0 Å². The number of likely N-dealkylation sites (tertiary alicyclic amines) is 1. The van der Waals surface area contributed by atoms with Crippen LogP contribution < -0.4 is 0 Å². The summed E-state index contributed by atoms with van der Waals surface area (Å²) in [7, 11) is 0. The van der Waals surface area contributed by atoms with Crippen LogP contribution in [0.25, 0.3) is 0 Å². The maximum atomic E-state index is 14.5. The third-order valence-corrected chi connectivity index (χ3v) is 9.96. The van der Waals surface area contributed by atoms with Gasteiger partial charge in [-0.05, 0) is 31.7 Å². The Bertz CT molecular complexity index is 1210. The number of carbonyl (C=O) groups is 3. The summed E-state index contributed by atoms with van der Waals surface area (Å²) in [4.78, 5) is 48.7. The molecule has 0 aromatic heterocycles. The Labute approximate surface area is 236 Å². The van der Waals surface area contributed by atoms with Crippen LogP contribution in [0.2, 0.25) is 0 Å². The second-order valence-electron chi connectivity index (χ2n) is 12.2. The molecule has 1 aliphatic carbocycles. The Hall–Kier alpha value is -2.97. The van der Waals surface area contributed by atoms with Gasteiger partial charge in [-0.2, -0.15) is 0 Å². The molecule has 1 spiro atoms. The van der Waals surface area contributed by atoms with E-state index in [1.807, 2.05) is 66.5 Å². The molecule has 3 amide bonds. The normalized spacial score (nSPS) is 34.9. The Morgan fingerprint density at radius 1 is 0.950 bits per heavy atom. The zero-order valence-electron chi connectivity index (χ0n) is 23.6. The number of aliphatic hydroxyl groups excluding tert-OH is 1. The first-order valence-electron chi connectivity index (χ1n) is 15.0. The van der Waals surface area contributed by atoms with E-state index < -0.39 is 35.1 Å². The molecule has 0 radical (unpaired) electrons. The highest BCUT2D eigenvalue weighted by Crippen LogP contribution is 2.59. The van der Waals surface area contributed by atoms with E-state index in [0.717, 1.165) is 31.2 Å². The van der Waals surface area contributed by atoms with E-state index in [2.05, 4.69) is 0 Å². The quantitative estimate of drug-likeness (QED) is 0.553. The number of rotatable bonds is 6. The second-order valence-corrected chi connectivity index (χ2v) is 12.2. The summed E-state index contributed by atoms with van der Waals surface area (Å²) in [5.41, 5.74) is -1.27. The molecule has 2 saturated heterocycles. The maximum absolute atomic E-state index is 14.5. The fraction of sp³-hybridized carbons (Fsp3) is 0.594. The molecule has 4 heterocycles. The van der Waals surface area contributed by atoms with E-state index in [1.54, 1.807) is 16.7 Å². The molecule has 4 aliphatic heterocycles. The number of hydrogen-bond acceptors (Lipinski definition) is 5. The van der Waals surface area contributed by atoms with Crippen LogP contribution in [0.15, 0.2) is 54.6 Å². The number of benzene rings is 1. The van der Waals surface area contributed by atoms with Crippen molar-refractivity contribution in [2.45, 2.75) is 88.2 Å². The Morgan fingerprint density at radius 2 is 1.68 bits per heavy atom. The minimum Gasteiger partial charge on any atom is -0.394 e. The first-order valence-corrected chi connectivity index (χ1v) is 15.0. The van der Waals surface area contributed by atoms with Gasteiger partial charge in [0.25, 0.3) is 0 Å². The van der Waals surface area contributed by atoms with E-state index in [1.165, 1.54) is 6.42 Å². The van der Waals surface area contributed by atoms with Gasteiger partial charge < -0.3 is 24.5 Å². The monoisotopic (exact) mass is 547 g/mol. The Morgan fingerprint density at radius 3 is 2.38 bits per heavy atom. The summed E-state index contributed by atoms with van der Waals surface area (Å²) < 4.78 is 7.04. The molecule has 1 aromatic carbocycles. The molecule has 6 rings (SSSR count). The van der Waals surface area contributed by atoms with Crippen molar-refractivity contribution in [2.24, 2.45) is 11.8 Å².